The molecule has 2 aromatic rings. The Kier molecular flexibility index (Phi) is 4.84. The minimum absolute atomic E-state index is 0.155. The molecule has 1 N–H and O–H groups in total. The summed E-state index contributed by atoms with van der Waals surface area (Å²) in [4.78, 5) is 14.8. The summed E-state index contributed by atoms with van der Waals surface area (Å²) in [6, 6.07) is 1.92. The number of halogens is 2. The molecule has 1 aromatic carbocycles. The Bertz CT molecular complexity index is 805. The Labute approximate surface area is 128 Å². The first-order valence-corrected chi connectivity index (χ1v) is 8.15. The van der Waals surface area contributed by atoms with Crippen molar-refractivity contribution in [2.24, 2.45) is 0 Å². The third kappa shape index (κ3) is 3.64. The molecule has 1 heterocycles. The Hall–Kier alpha value is -1.91. The van der Waals surface area contributed by atoms with E-state index in [0.717, 1.165) is 17.4 Å². The van der Waals surface area contributed by atoms with Gasteiger partial charge in [-0.05, 0) is 18.2 Å². The number of amides is 1. The molecule has 0 aliphatic heterocycles. The first-order chi connectivity index (χ1) is 10.3. The van der Waals surface area contributed by atoms with E-state index in [0.29, 0.717) is 17.1 Å². The number of aromatic nitrogens is 1. The van der Waals surface area contributed by atoms with Gasteiger partial charge in [0.25, 0.3) is 15.9 Å². The first-order valence-electron chi connectivity index (χ1n) is 5.79. The van der Waals surface area contributed by atoms with E-state index in [2.05, 4.69) is 4.98 Å². The van der Waals surface area contributed by atoms with E-state index in [9.17, 15) is 22.0 Å². The van der Waals surface area contributed by atoms with Gasteiger partial charge in [0.05, 0.1) is 6.61 Å². The number of thiazole rings is 1. The molecular formula is C12H10F2N2O4S2. The number of methoxy groups -OCH3 is 1. The maximum Gasteiger partial charge on any atom is 0.284 e. The molecule has 10 heteroatoms. The summed E-state index contributed by atoms with van der Waals surface area (Å²) >= 11 is 1.10. The molecule has 22 heavy (non-hydrogen) atoms. The van der Waals surface area contributed by atoms with E-state index in [1.54, 1.807) is 4.72 Å². The third-order valence-electron chi connectivity index (χ3n) is 2.46. The van der Waals surface area contributed by atoms with Crippen molar-refractivity contribution in [2.45, 2.75) is 11.5 Å². The molecule has 118 valence electrons. The molecule has 2 rings (SSSR count). The van der Waals surface area contributed by atoms with E-state index in [1.165, 1.54) is 12.5 Å². The molecule has 0 atom stereocenters. The van der Waals surface area contributed by atoms with E-state index in [-0.39, 0.29) is 12.3 Å². The van der Waals surface area contributed by atoms with Crippen LogP contribution in [-0.2, 0) is 21.4 Å². The highest BCUT2D eigenvalue weighted by Gasteiger charge is 2.24. The van der Waals surface area contributed by atoms with Gasteiger partial charge in [0.2, 0.25) is 0 Å². The summed E-state index contributed by atoms with van der Waals surface area (Å²) in [5, 5.41) is 1.81. The quantitative estimate of drug-likeness (QED) is 0.889. The molecule has 0 aliphatic rings. The molecular weight excluding hydrogens is 338 g/mol. The fourth-order valence-electron chi connectivity index (χ4n) is 1.52. The van der Waals surface area contributed by atoms with Crippen LogP contribution in [0.1, 0.15) is 15.5 Å². The number of rotatable bonds is 5. The third-order valence-corrected chi connectivity index (χ3v) is 4.63. The number of sulfonamides is 1. The van der Waals surface area contributed by atoms with Crippen LogP contribution in [0, 0.1) is 11.6 Å². The SMILES string of the molecule is COCc1nc(C(=O)NS(=O)(=O)c2cc(F)ccc2F)cs1. The lowest BCUT2D eigenvalue weighted by atomic mass is 10.3. The van der Waals surface area contributed by atoms with Crippen LogP contribution in [0.25, 0.3) is 0 Å². The number of hydrogen-bond donors (Lipinski definition) is 1. The first kappa shape index (κ1) is 16.5. The highest BCUT2D eigenvalue weighted by Crippen LogP contribution is 2.17. The molecule has 0 saturated carbocycles. The van der Waals surface area contributed by atoms with Gasteiger partial charge in [-0.2, -0.15) is 0 Å². The number of benzene rings is 1. The molecule has 0 fully saturated rings. The van der Waals surface area contributed by atoms with Crippen molar-refractivity contribution in [3.63, 3.8) is 0 Å². The molecule has 1 amide bonds. The van der Waals surface area contributed by atoms with E-state index >= 15 is 0 Å². The summed E-state index contributed by atoms with van der Waals surface area (Å²) in [6.07, 6.45) is 0. The maximum absolute atomic E-state index is 13.5. The number of carbonyl (C=O) groups excluding carboxylic acids is 1. The second-order valence-electron chi connectivity index (χ2n) is 4.07. The standard InChI is InChI=1S/C12H10F2N2O4S2/c1-20-5-11-15-9(6-21-11)12(17)16-22(18,19)10-4-7(13)2-3-8(10)14/h2-4,6H,5H2,1H3,(H,16,17). The minimum atomic E-state index is -4.55. The van der Waals surface area contributed by atoms with Crippen LogP contribution in [0.15, 0.2) is 28.5 Å². The summed E-state index contributed by atoms with van der Waals surface area (Å²) in [7, 11) is -3.10. The summed E-state index contributed by atoms with van der Waals surface area (Å²) in [6.45, 7) is 0.170. The summed E-state index contributed by atoms with van der Waals surface area (Å²) in [5.41, 5.74) is -0.155. The van der Waals surface area contributed by atoms with Crippen molar-refractivity contribution in [1.29, 1.82) is 0 Å². The molecule has 0 spiro atoms. The van der Waals surface area contributed by atoms with Gasteiger partial charge in [-0.15, -0.1) is 11.3 Å². The second-order valence-corrected chi connectivity index (χ2v) is 6.66. The molecule has 0 aliphatic carbocycles. The van der Waals surface area contributed by atoms with Crippen LogP contribution in [-0.4, -0.2) is 26.4 Å². The Morgan fingerprint density at radius 2 is 2.14 bits per heavy atom. The van der Waals surface area contributed by atoms with Gasteiger partial charge in [-0.3, -0.25) is 4.79 Å². The van der Waals surface area contributed by atoms with Crippen LogP contribution >= 0.6 is 11.3 Å². The van der Waals surface area contributed by atoms with Gasteiger partial charge < -0.3 is 4.74 Å². The summed E-state index contributed by atoms with van der Waals surface area (Å²) in [5.74, 6) is -3.15. The van der Waals surface area contributed by atoms with Crippen LogP contribution in [0.4, 0.5) is 8.78 Å². The van der Waals surface area contributed by atoms with Crippen LogP contribution in [0.5, 0.6) is 0 Å². The Balaban J connectivity index is 2.24. The zero-order chi connectivity index (χ0) is 16.3. The molecule has 0 radical (unpaired) electrons. The van der Waals surface area contributed by atoms with E-state index in [1.807, 2.05) is 0 Å². The zero-order valence-electron chi connectivity index (χ0n) is 11.2. The fourth-order valence-corrected chi connectivity index (χ4v) is 3.31. The van der Waals surface area contributed by atoms with Gasteiger partial charge in [-0.1, -0.05) is 0 Å². The minimum Gasteiger partial charge on any atom is -0.378 e. The monoisotopic (exact) mass is 348 g/mol. The van der Waals surface area contributed by atoms with Crippen molar-refractivity contribution in [3.05, 3.63) is 45.9 Å². The van der Waals surface area contributed by atoms with Gasteiger partial charge in [-0.25, -0.2) is 26.9 Å². The Morgan fingerprint density at radius 3 is 2.82 bits per heavy atom. The average molecular weight is 348 g/mol. The lowest BCUT2D eigenvalue weighted by Crippen LogP contribution is -2.31. The van der Waals surface area contributed by atoms with Crippen molar-refractivity contribution < 1.29 is 26.7 Å². The lowest BCUT2D eigenvalue weighted by Gasteiger charge is -2.06. The van der Waals surface area contributed by atoms with Gasteiger partial charge >= 0.3 is 0 Å². The predicted molar refractivity (Wildman–Crippen MR) is 73.8 cm³/mol. The average Bonchev–Trinajstić information content (AvgIpc) is 2.90. The largest absolute Gasteiger partial charge is 0.378 e. The van der Waals surface area contributed by atoms with Crippen molar-refractivity contribution in [1.82, 2.24) is 9.71 Å². The van der Waals surface area contributed by atoms with Crippen LogP contribution in [0.2, 0.25) is 0 Å². The highest BCUT2D eigenvalue weighted by atomic mass is 32.2. The lowest BCUT2D eigenvalue weighted by molar-refractivity contribution is 0.0976. The topological polar surface area (TPSA) is 85.4 Å². The number of carbonyl (C=O) groups is 1. The van der Waals surface area contributed by atoms with Gasteiger partial charge in [0, 0.05) is 12.5 Å². The normalized spacial score (nSPS) is 11.4. The predicted octanol–water partition coefficient (Wildman–Crippen LogP) is 1.69. The Morgan fingerprint density at radius 1 is 1.41 bits per heavy atom. The summed E-state index contributed by atoms with van der Waals surface area (Å²) < 4.78 is 56.9. The zero-order valence-corrected chi connectivity index (χ0v) is 12.8. The molecule has 6 nitrogen and oxygen atoms in total. The van der Waals surface area contributed by atoms with E-state index < -0.39 is 32.5 Å². The van der Waals surface area contributed by atoms with Crippen LogP contribution < -0.4 is 4.72 Å². The molecule has 0 saturated heterocycles. The molecule has 1 aromatic heterocycles. The molecule has 0 bridgehead atoms. The van der Waals surface area contributed by atoms with Crippen LogP contribution in [0.3, 0.4) is 0 Å². The van der Waals surface area contributed by atoms with Crippen molar-refractivity contribution >= 4 is 27.3 Å². The van der Waals surface area contributed by atoms with E-state index in [4.69, 9.17) is 4.74 Å². The molecule has 0 unspecified atom stereocenters. The highest BCUT2D eigenvalue weighted by molar-refractivity contribution is 7.90. The fraction of sp³-hybridized carbons (Fsp3) is 0.167. The van der Waals surface area contributed by atoms with Crippen molar-refractivity contribution in [3.8, 4) is 0 Å². The van der Waals surface area contributed by atoms with Crippen molar-refractivity contribution in [2.75, 3.05) is 7.11 Å². The van der Waals surface area contributed by atoms with Gasteiger partial charge in [0.15, 0.2) is 0 Å². The number of ether oxygens (including phenoxy) is 1. The number of hydrogen-bond acceptors (Lipinski definition) is 6. The number of nitrogens with zero attached hydrogens (tertiary/aromatic N) is 1. The smallest absolute Gasteiger partial charge is 0.284 e. The number of nitrogens with one attached hydrogen (secondary N) is 1. The maximum atomic E-state index is 13.5. The second kappa shape index (κ2) is 6.46. The van der Waals surface area contributed by atoms with Gasteiger partial charge in [0.1, 0.15) is 27.2 Å².